The summed E-state index contributed by atoms with van der Waals surface area (Å²) in [7, 11) is 0. The van der Waals surface area contributed by atoms with E-state index in [0.29, 0.717) is 24.5 Å². The molecule has 6 nitrogen and oxygen atoms in total. The summed E-state index contributed by atoms with van der Waals surface area (Å²) in [5.41, 5.74) is 7.88. The monoisotopic (exact) mass is 376 g/mol. The number of benzene rings is 2. The fraction of sp³-hybridized carbons (Fsp3) is 0.273. The highest BCUT2D eigenvalue weighted by molar-refractivity contribution is 5.91. The summed E-state index contributed by atoms with van der Waals surface area (Å²) in [4.78, 5) is 8.64. The van der Waals surface area contributed by atoms with E-state index in [1.54, 1.807) is 6.07 Å². The van der Waals surface area contributed by atoms with Gasteiger partial charge < -0.3 is 20.9 Å². The number of nitrogens with zero attached hydrogens (tertiary/aromatic N) is 2. The number of aliphatic hydroxyl groups excluding tert-OH is 1. The van der Waals surface area contributed by atoms with Crippen molar-refractivity contribution < 1.29 is 9.84 Å². The second kappa shape index (κ2) is 9.70. The van der Waals surface area contributed by atoms with Crippen molar-refractivity contribution in [2.24, 2.45) is 5.73 Å². The minimum atomic E-state index is -0.858. The van der Waals surface area contributed by atoms with Crippen molar-refractivity contribution in [1.29, 1.82) is 0 Å². The average Bonchev–Trinajstić information content (AvgIpc) is 2.72. The number of nitrogens with two attached hydrogens (primary N) is 1. The summed E-state index contributed by atoms with van der Waals surface area (Å²) in [6.45, 7) is 0.668. The molecule has 0 aliphatic carbocycles. The quantitative estimate of drug-likeness (QED) is 0.300. The number of fused-ring (bicyclic) bond motifs is 1. The smallest absolute Gasteiger partial charge is 0.197 e. The molecule has 0 amide bonds. The Labute approximate surface area is 164 Å². The standard InChI is InChI=1S/C22H24N4O2/c1-2-16-7-6-8-17(13-16)26-22-19-14-18(10-11-20(19)24-15-25-22)28-21(27)9-4-3-5-12-23/h1,6-8,10-11,13-15,21,27H,3-5,9,12,23H2,(H,24,25,26). The Hall–Kier alpha value is -3.14. The first kappa shape index (κ1) is 19.6. The summed E-state index contributed by atoms with van der Waals surface area (Å²) in [5, 5.41) is 14.2. The Kier molecular flexibility index (Phi) is 6.79. The number of aliphatic hydroxyl groups is 1. The van der Waals surface area contributed by atoms with E-state index in [4.69, 9.17) is 16.9 Å². The molecule has 3 aromatic rings. The lowest BCUT2D eigenvalue weighted by Crippen LogP contribution is -2.15. The Morgan fingerprint density at radius 3 is 2.86 bits per heavy atom. The van der Waals surface area contributed by atoms with Crippen LogP contribution in [0.1, 0.15) is 31.2 Å². The van der Waals surface area contributed by atoms with E-state index < -0.39 is 6.29 Å². The molecule has 0 spiro atoms. The molecule has 2 aromatic carbocycles. The zero-order valence-corrected chi connectivity index (χ0v) is 15.6. The molecule has 0 saturated carbocycles. The zero-order chi connectivity index (χ0) is 19.8. The second-order valence-corrected chi connectivity index (χ2v) is 6.46. The first-order chi connectivity index (χ1) is 13.7. The van der Waals surface area contributed by atoms with E-state index in [1.165, 1.54) is 6.33 Å². The molecule has 1 unspecified atom stereocenters. The maximum absolute atomic E-state index is 10.1. The first-order valence-corrected chi connectivity index (χ1v) is 9.33. The predicted octanol–water partition coefficient (Wildman–Crippen LogP) is 3.57. The van der Waals surface area contributed by atoms with Gasteiger partial charge in [0.15, 0.2) is 6.29 Å². The molecule has 4 N–H and O–H groups in total. The minimum absolute atomic E-state index is 0.563. The van der Waals surface area contributed by atoms with Crippen LogP contribution >= 0.6 is 0 Å². The number of terminal acetylenes is 1. The molecule has 28 heavy (non-hydrogen) atoms. The first-order valence-electron chi connectivity index (χ1n) is 9.33. The molecule has 0 aliphatic rings. The van der Waals surface area contributed by atoms with Crippen molar-refractivity contribution in [3.63, 3.8) is 0 Å². The molecule has 3 rings (SSSR count). The molecule has 0 bridgehead atoms. The van der Waals surface area contributed by atoms with Crippen LogP contribution in [-0.2, 0) is 0 Å². The number of aromatic nitrogens is 2. The van der Waals surface area contributed by atoms with Crippen LogP contribution in [0.4, 0.5) is 11.5 Å². The lowest BCUT2D eigenvalue weighted by molar-refractivity contribution is -0.0244. The van der Waals surface area contributed by atoms with Crippen LogP contribution in [0.3, 0.4) is 0 Å². The third-order valence-electron chi connectivity index (χ3n) is 4.33. The number of hydrogen-bond donors (Lipinski definition) is 3. The fourth-order valence-corrected chi connectivity index (χ4v) is 2.89. The number of hydrogen-bond acceptors (Lipinski definition) is 6. The largest absolute Gasteiger partial charge is 0.465 e. The van der Waals surface area contributed by atoms with Crippen LogP contribution in [0, 0.1) is 12.3 Å². The molecule has 6 heteroatoms. The third-order valence-corrected chi connectivity index (χ3v) is 4.33. The Balaban J connectivity index is 1.77. The zero-order valence-electron chi connectivity index (χ0n) is 15.6. The second-order valence-electron chi connectivity index (χ2n) is 6.46. The van der Waals surface area contributed by atoms with Crippen molar-refractivity contribution in [3.05, 3.63) is 54.4 Å². The van der Waals surface area contributed by atoms with Crippen molar-refractivity contribution in [2.75, 3.05) is 11.9 Å². The number of anilines is 2. The van der Waals surface area contributed by atoms with Gasteiger partial charge in [-0.3, -0.25) is 0 Å². The Morgan fingerprint density at radius 2 is 2.04 bits per heavy atom. The van der Waals surface area contributed by atoms with Gasteiger partial charge in [-0.05, 0) is 55.8 Å². The molecule has 1 atom stereocenters. The van der Waals surface area contributed by atoms with Gasteiger partial charge >= 0.3 is 0 Å². The van der Waals surface area contributed by atoms with Gasteiger partial charge in [-0.15, -0.1) is 6.42 Å². The SMILES string of the molecule is C#Cc1cccc(Nc2ncnc3ccc(OC(O)CCCCCN)cc23)c1. The number of rotatable bonds is 9. The normalized spacial score (nSPS) is 11.8. The van der Waals surface area contributed by atoms with Crippen molar-refractivity contribution in [2.45, 2.75) is 32.0 Å². The van der Waals surface area contributed by atoms with Gasteiger partial charge in [0.25, 0.3) is 0 Å². The third kappa shape index (κ3) is 5.19. The van der Waals surface area contributed by atoms with Gasteiger partial charge in [-0.1, -0.05) is 18.4 Å². The Bertz CT molecular complexity index is 968. The average molecular weight is 376 g/mol. The van der Waals surface area contributed by atoms with Gasteiger partial charge in [0.2, 0.25) is 0 Å². The highest BCUT2D eigenvalue weighted by Gasteiger charge is 2.10. The number of nitrogens with one attached hydrogen (secondary N) is 1. The molecule has 0 radical (unpaired) electrons. The van der Waals surface area contributed by atoms with Crippen molar-refractivity contribution >= 4 is 22.4 Å². The van der Waals surface area contributed by atoms with Gasteiger partial charge in [0, 0.05) is 23.1 Å². The van der Waals surface area contributed by atoms with Crippen LogP contribution in [0.15, 0.2) is 48.8 Å². The maximum Gasteiger partial charge on any atom is 0.197 e. The van der Waals surface area contributed by atoms with Gasteiger partial charge in [-0.25, -0.2) is 9.97 Å². The van der Waals surface area contributed by atoms with Crippen molar-refractivity contribution in [1.82, 2.24) is 9.97 Å². The van der Waals surface area contributed by atoms with Crippen LogP contribution in [0.5, 0.6) is 5.75 Å². The van der Waals surface area contributed by atoms with E-state index in [0.717, 1.165) is 41.4 Å². The Morgan fingerprint density at radius 1 is 1.14 bits per heavy atom. The summed E-state index contributed by atoms with van der Waals surface area (Å²) in [6.07, 6.45) is 9.48. The number of ether oxygens (including phenoxy) is 1. The van der Waals surface area contributed by atoms with Crippen LogP contribution < -0.4 is 15.8 Å². The van der Waals surface area contributed by atoms with Gasteiger partial charge in [0.05, 0.1) is 5.52 Å². The summed E-state index contributed by atoms with van der Waals surface area (Å²) in [5.74, 6) is 3.82. The maximum atomic E-state index is 10.1. The molecule has 1 aromatic heterocycles. The molecule has 0 saturated heterocycles. The molecule has 1 heterocycles. The van der Waals surface area contributed by atoms with E-state index in [2.05, 4.69) is 21.2 Å². The lowest BCUT2D eigenvalue weighted by atomic mass is 10.2. The highest BCUT2D eigenvalue weighted by atomic mass is 16.6. The summed E-state index contributed by atoms with van der Waals surface area (Å²) in [6, 6.07) is 13.0. The van der Waals surface area contributed by atoms with E-state index in [1.807, 2.05) is 36.4 Å². The molecule has 144 valence electrons. The molecule has 0 aliphatic heterocycles. The topological polar surface area (TPSA) is 93.3 Å². The van der Waals surface area contributed by atoms with Crippen LogP contribution in [0.25, 0.3) is 10.9 Å². The summed E-state index contributed by atoms with van der Waals surface area (Å²) < 4.78 is 5.66. The fourth-order valence-electron chi connectivity index (χ4n) is 2.89. The van der Waals surface area contributed by atoms with Crippen LogP contribution in [-0.4, -0.2) is 27.9 Å². The minimum Gasteiger partial charge on any atom is -0.465 e. The lowest BCUT2D eigenvalue weighted by Gasteiger charge is -2.15. The highest BCUT2D eigenvalue weighted by Crippen LogP contribution is 2.27. The predicted molar refractivity (Wildman–Crippen MR) is 111 cm³/mol. The van der Waals surface area contributed by atoms with Gasteiger partial charge in [-0.2, -0.15) is 0 Å². The van der Waals surface area contributed by atoms with Crippen molar-refractivity contribution in [3.8, 4) is 18.1 Å². The molecular formula is C22H24N4O2. The summed E-state index contributed by atoms with van der Waals surface area (Å²) >= 11 is 0. The van der Waals surface area contributed by atoms with E-state index in [9.17, 15) is 5.11 Å². The van der Waals surface area contributed by atoms with Crippen LogP contribution in [0.2, 0.25) is 0 Å². The number of unbranched alkanes of at least 4 members (excludes halogenated alkanes) is 2. The van der Waals surface area contributed by atoms with E-state index in [-0.39, 0.29) is 0 Å². The molecular weight excluding hydrogens is 352 g/mol. The van der Waals surface area contributed by atoms with Gasteiger partial charge in [0.1, 0.15) is 17.9 Å². The molecule has 0 fully saturated rings. The van der Waals surface area contributed by atoms with E-state index >= 15 is 0 Å².